The van der Waals surface area contributed by atoms with Crippen molar-refractivity contribution in [2.24, 2.45) is 5.92 Å². The van der Waals surface area contributed by atoms with E-state index in [2.05, 4.69) is 15.4 Å². The number of anilines is 1. The summed E-state index contributed by atoms with van der Waals surface area (Å²) in [5.74, 6) is -2.42. The molecule has 39 heavy (non-hydrogen) atoms. The summed E-state index contributed by atoms with van der Waals surface area (Å²) in [6.45, 7) is -0.931. The minimum absolute atomic E-state index is 0.0817. The van der Waals surface area contributed by atoms with Crippen molar-refractivity contribution in [1.29, 1.82) is 0 Å². The van der Waals surface area contributed by atoms with E-state index in [9.17, 15) is 27.5 Å². The van der Waals surface area contributed by atoms with E-state index in [1.807, 2.05) is 6.92 Å². The van der Waals surface area contributed by atoms with Gasteiger partial charge in [-0.05, 0) is 49.1 Å². The molecule has 7 nitrogen and oxygen atoms in total. The van der Waals surface area contributed by atoms with Crippen molar-refractivity contribution >= 4 is 28.8 Å². The molecule has 4 heterocycles. The van der Waals surface area contributed by atoms with Gasteiger partial charge in [-0.3, -0.25) is 9.78 Å². The van der Waals surface area contributed by atoms with Crippen molar-refractivity contribution in [1.82, 2.24) is 19.7 Å². The first-order valence-electron chi connectivity index (χ1n) is 12.6. The van der Waals surface area contributed by atoms with Gasteiger partial charge in [0.15, 0.2) is 5.82 Å². The van der Waals surface area contributed by atoms with Crippen LogP contribution in [0.15, 0.2) is 42.7 Å². The highest BCUT2D eigenvalue weighted by molar-refractivity contribution is 6.31. The van der Waals surface area contributed by atoms with Crippen LogP contribution in [-0.4, -0.2) is 43.5 Å². The van der Waals surface area contributed by atoms with Crippen LogP contribution >= 0.6 is 11.6 Å². The molecule has 206 valence electrons. The number of nitrogens with one attached hydrogen (secondary N) is 1. The van der Waals surface area contributed by atoms with E-state index in [1.165, 1.54) is 18.5 Å². The zero-order valence-electron chi connectivity index (χ0n) is 20.9. The number of amides is 1. The van der Waals surface area contributed by atoms with Gasteiger partial charge in [-0.1, -0.05) is 24.9 Å². The summed E-state index contributed by atoms with van der Waals surface area (Å²) in [7, 11) is 0. The Morgan fingerprint density at radius 1 is 1.21 bits per heavy atom. The molecule has 2 aromatic heterocycles. The first-order valence-corrected chi connectivity index (χ1v) is 12.9. The van der Waals surface area contributed by atoms with Gasteiger partial charge in [-0.15, -0.1) is 0 Å². The smallest absolute Gasteiger partial charge is 0.333 e. The number of rotatable bonds is 3. The molecule has 0 fully saturated rings. The van der Waals surface area contributed by atoms with Crippen LogP contribution in [0.2, 0.25) is 5.02 Å². The fourth-order valence-electron chi connectivity index (χ4n) is 5.22. The van der Waals surface area contributed by atoms with Gasteiger partial charge in [-0.25, -0.2) is 13.5 Å². The van der Waals surface area contributed by atoms with Crippen LogP contribution in [0.25, 0.3) is 16.8 Å². The molecule has 0 radical (unpaired) electrons. The van der Waals surface area contributed by atoms with Crippen molar-refractivity contribution in [2.45, 2.75) is 51.4 Å². The van der Waals surface area contributed by atoms with Crippen molar-refractivity contribution in [2.75, 3.05) is 11.9 Å². The third-order valence-electron chi connectivity index (χ3n) is 7.30. The molecule has 0 spiro atoms. The zero-order valence-corrected chi connectivity index (χ0v) is 21.7. The first-order chi connectivity index (χ1) is 18.7. The molecule has 2 N–H and O–H groups in total. The summed E-state index contributed by atoms with van der Waals surface area (Å²) < 4.78 is 57.4. The van der Waals surface area contributed by atoms with Crippen molar-refractivity contribution in [3.8, 4) is 11.3 Å². The quantitative estimate of drug-likeness (QED) is 0.294. The molecule has 0 saturated heterocycles. The number of pyridine rings is 1. The van der Waals surface area contributed by atoms with E-state index in [-0.39, 0.29) is 46.4 Å². The molecular weight excluding hydrogens is 538 g/mol. The number of hydrogen-bond donors (Lipinski definition) is 2. The van der Waals surface area contributed by atoms with Crippen molar-refractivity contribution in [3.63, 3.8) is 0 Å². The number of aliphatic hydroxyl groups excluding tert-OH is 1. The highest BCUT2D eigenvalue weighted by atomic mass is 35.5. The molecule has 1 amide bonds. The molecule has 3 aromatic rings. The molecule has 1 aromatic carbocycles. The number of fused-ring (bicyclic) bond motifs is 4. The minimum Gasteiger partial charge on any atom is -0.374 e. The fourth-order valence-corrected chi connectivity index (χ4v) is 5.38. The predicted molar refractivity (Wildman–Crippen MR) is 138 cm³/mol. The highest BCUT2D eigenvalue weighted by Crippen LogP contribution is 2.38. The molecule has 0 aliphatic carbocycles. The Balaban J connectivity index is 1.55. The average Bonchev–Trinajstić information content (AvgIpc) is 3.33. The van der Waals surface area contributed by atoms with Crippen molar-refractivity contribution < 1.29 is 27.5 Å². The number of aromatic nitrogens is 3. The highest BCUT2D eigenvalue weighted by Gasteiger charge is 2.32. The van der Waals surface area contributed by atoms with Gasteiger partial charge < -0.3 is 15.3 Å². The zero-order chi connectivity index (χ0) is 27.8. The van der Waals surface area contributed by atoms with Gasteiger partial charge in [0.05, 0.1) is 39.9 Å². The van der Waals surface area contributed by atoms with Gasteiger partial charge in [0.1, 0.15) is 12.0 Å². The number of benzene rings is 1. The number of halogens is 5. The Hall–Kier alpha value is -3.44. The second-order valence-corrected chi connectivity index (χ2v) is 10.2. The Morgan fingerprint density at radius 3 is 2.74 bits per heavy atom. The molecular formula is C27H26ClF4N5O2. The topological polar surface area (TPSA) is 83.3 Å². The first kappa shape index (κ1) is 27.1. The van der Waals surface area contributed by atoms with Gasteiger partial charge in [0, 0.05) is 30.3 Å². The average molecular weight is 564 g/mol. The Kier molecular flexibility index (Phi) is 7.64. The number of nitrogens with zero attached hydrogens (tertiary/aromatic N) is 4. The van der Waals surface area contributed by atoms with Gasteiger partial charge in [-0.2, -0.15) is 13.9 Å². The third kappa shape index (κ3) is 5.25. The molecule has 2 aliphatic rings. The maximum atomic E-state index is 14.6. The molecule has 2 aliphatic heterocycles. The van der Waals surface area contributed by atoms with E-state index in [1.54, 1.807) is 17.0 Å². The molecule has 12 heteroatoms. The Labute approximate surface area is 227 Å². The van der Waals surface area contributed by atoms with E-state index in [0.29, 0.717) is 35.2 Å². The summed E-state index contributed by atoms with van der Waals surface area (Å²) in [6.07, 6.45) is 4.77. The summed E-state index contributed by atoms with van der Waals surface area (Å²) in [6, 6.07) is 4.84. The maximum absolute atomic E-state index is 14.6. The SMILES string of the molecule is C[C@@H]1CCC[C@H](N2CCC(c3c(F)ccc(Cl)c3F)=CC2=O)c2cc(ccn2)-c2c(cnn2C(F)F)NC1O. The van der Waals surface area contributed by atoms with Crippen molar-refractivity contribution in [3.05, 3.63) is 70.6 Å². The van der Waals surface area contributed by atoms with Crippen LogP contribution in [0.5, 0.6) is 0 Å². The number of carbonyl (C=O) groups excluding carboxylic acids is 1. The normalized spacial score (nSPS) is 22.1. The summed E-state index contributed by atoms with van der Waals surface area (Å²) in [5, 5.41) is 17.2. The van der Waals surface area contributed by atoms with Crippen LogP contribution in [0.4, 0.5) is 23.2 Å². The lowest BCUT2D eigenvalue weighted by Crippen LogP contribution is -2.38. The largest absolute Gasteiger partial charge is 0.374 e. The van der Waals surface area contributed by atoms with E-state index in [0.717, 1.165) is 12.1 Å². The van der Waals surface area contributed by atoms with Crippen LogP contribution < -0.4 is 5.32 Å². The monoisotopic (exact) mass is 563 g/mol. The van der Waals surface area contributed by atoms with E-state index >= 15 is 0 Å². The predicted octanol–water partition coefficient (Wildman–Crippen LogP) is 6.18. The molecule has 0 saturated carbocycles. The third-order valence-corrected chi connectivity index (χ3v) is 7.59. The van der Waals surface area contributed by atoms with Gasteiger partial charge >= 0.3 is 6.55 Å². The second kappa shape index (κ2) is 11.0. The molecule has 3 atom stereocenters. The number of hydrogen-bond acceptors (Lipinski definition) is 5. The van der Waals surface area contributed by atoms with Gasteiger partial charge in [0.25, 0.3) is 0 Å². The van der Waals surface area contributed by atoms with Crippen LogP contribution in [-0.2, 0) is 4.79 Å². The number of carbonyl (C=O) groups is 1. The lowest BCUT2D eigenvalue weighted by atomic mass is 9.93. The fraction of sp³-hybridized carbons (Fsp3) is 0.370. The van der Waals surface area contributed by atoms with E-state index in [4.69, 9.17) is 11.6 Å². The molecule has 1 unspecified atom stereocenters. The lowest BCUT2D eigenvalue weighted by molar-refractivity contribution is -0.129. The van der Waals surface area contributed by atoms with Crippen LogP contribution in [0.1, 0.15) is 56.5 Å². The lowest BCUT2D eigenvalue weighted by Gasteiger charge is -2.35. The van der Waals surface area contributed by atoms with E-state index < -0.39 is 36.4 Å². The minimum atomic E-state index is -2.93. The number of aliphatic hydroxyl groups is 1. The summed E-state index contributed by atoms with van der Waals surface area (Å²) in [5.41, 5.74) is 1.08. The standard InChI is InChI=1S/C27H26ClF4N5O2/c1-14-3-2-4-21(36-10-8-15(12-22(36)38)23-18(29)6-5-17(28)24(23)30)19-11-16(7-9-33-19)25-20(35-26(14)39)13-34-37(25)27(31)32/h5-7,9,11-14,21,26-27,35,39H,2-4,8,10H2,1H3/t14-,21+,26?/m1/s1. The Morgan fingerprint density at radius 2 is 2.00 bits per heavy atom. The van der Waals surface area contributed by atoms with Crippen LogP contribution in [0.3, 0.4) is 0 Å². The molecule has 2 bridgehead atoms. The van der Waals surface area contributed by atoms with Crippen LogP contribution in [0, 0.1) is 17.6 Å². The second-order valence-electron chi connectivity index (χ2n) is 9.78. The van der Waals surface area contributed by atoms with Gasteiger partial charge in [0.2, 0.25) is 5.91 Å². The summed E-state index contributed by atoms with van der Waals surface area (Å²) in [4.78, 5) is 19.4. The maximum Gasteiger partial charge on any atom is 0.333 e. The molecule has 5 rings (SSSR count). The summed E-state index contributed by atoms with van der Waals surface area (Å²) >= 11 is 5.85. The number of alkyl halides is 2. The Bertz CT molecular complexity index is 1430.